The van der Waals surface area contributed by atoms with Crippen molar-refractivity contribution in [3.05, 3.63) is 0 Å². The van der Waals surface area contributed by atoms with Crippen LogP contribution in [0.2, 0.25) is 0 Å². The molecule has 0 aromatic rings. The molecular formula is C9H19N3. The van der Waals surface area contributed by atoms with Gasteiger partial charge in [-0.15, -0.1) is 0 Å². The van der Waals surface area contributed by atoms with Crippen molar-refractivity contribution in [3.8, 4) is 0 Å². The van der Waals surface area contributed by atoms with Gasteiger partial charge in [-0.3, -0.25) is 0 Å². The Hall–Kier alpha value is -0.120. The SMILES string of the molecule is NC1CCCCN1N1CCCC1. The van der Waals surface area contributed by atoms with Gasteiger partial charge in [0.15, 0.2) is 0 Å². The number of nitrogens with two attached hydrogens (primary N) is 1. The minimum Gasteiger partial charge on any atom is -0.315 e. The molecule has 0 aromatic heterocycles. The lowest BCUT2D eigenvalue weighted by molar-refractivity contribution is -0.0593. The standard InChI is InChI=1S/C9H19N3/c10-9-5-1-2-8-12(9)11-6-3-4-7-11/h9H,1-8,10H2. The minimum atomic E-state index is 0.303. The molecule has 0 saturated carbocycles. The monoisotopic (exact) mass is 169 g/mol. The summed E-state index contributed by atoms with van der Waals surface area (Å²) in [6.45, 7) is 3.64. The molecule has 2 heterocycles. The van der Waals surface area contributed by atoms with Crippen LogP contribution in [-0.4, -0.2) is 35.8 Å². The van der Waals surface area contributed by atoms with E-state index in [2.05, 4.69) is 10.0 Å². The maximum Gasteiger partial charge on any atom is 0.0710 e. The predicted octanol–water partition coefficient (Wildman–Crippen LogP) is 0.768. The van der Waals surface area contributed by atoms with Crippen LogP contribution >= 0.6 is 0 Å². The van der Waals surface area contributed by atoms with Gasteiger partial charge in [-0.25, -0.2) is 10.0 Å². The normalized spacial score (nSPS) is 34.2. The van der Waals surface area contributed by atoms with Gasteiger partial charge in [0.2, 0.25) is 0 Å². The summed E-state index contributed by atoms with van der Waals surface area (Å²) in [5.74, 6) is 0. The third-order valence-corrected chi connectivity index (χ3v) is 2.97. The van der Waals surface area contributed by atoms with Crippen LogP contribution in [0.3, 0.4) is 0 Å². The Labute approximate surface area is 74.5 Å². The average molecular weight is 169 g/mol. The Morgan fingerprint density at radius 1 is 0.917 bits per heavy atom. The molecule has 2 aliphatic heterocycles. The van der Waals surface area contributed by atoms with E-state index >= 15 is 0 Å². The van der Waals surface area contributed by atoms with Crippen molar-refractivity contribution in [3.63, 3.8) is 0 Å². The highest BCUT2D eigenvalue weighted by molar-refractivity contribution is 4.73. The first-order valence-electron chi connectivity index (χ1n) is 5.15. The molecule has 2 aliphatic rings. The minimum absolute atomic E-state index is 0.303. The summed E-state index contributed by atoms with van der Waals surface area (Å²) in [7, 11) is 0. The fourth-order valence-corrected chi connectivity index (χ4v) is 2.25. The number of rotatable bonds is 1. The molecule has 3 heteroatoms. The first-order chi connectivity index (χ1) is 5.88. The van der Waals surface area contributed by atoms with E-state index in [0.29, 0.717) is 6.17 Å². The zero-order valence-electron chi connectivity index (χ0n) is 7.71. The van der Waals surface area contributed by atoms with Crippen LogP contribution in [-0.2, 0) is 0 Å². The molecule has 0 spiro atoms. The summed E-state index contributed by atoms with van der Waals surface area (Å²) in [5.41, 5.74) is 6.04. The van der Waals surface area contributed by atoms with Crippen LogP contribution in [0.25, 0.3) is 0 Å². The molecule has 2 saturated heterocycles. The second-order valence-corrected chi connectivity index (χ2v) is 3.89. The smallest absolute Gasteiger partial charge is 0.0710 e. The Morgan fingerprint density at radius 2 is 1.58 bits per heavy atom. The largest absolute Gasteiger partial charge is 0.315 e. The molecule has 2 fully saturated rings. The Morgan fingerprint density at radius 3 is 2.25 bits per heavy atom. The van der Waals surface area contributed by atoms with E-state index in [1.165, 1.54) is 51.7 Å². The molecule has 0 bridgehead atoms. The summed E-state index contributed by atoms with van der Waals surface area (Å²) < 4.78 is 0. The number of nitrogens with zero attached hydrogens (tertiary/aromatic N) is 2. The van der Waals surface area contributed by atoms with Gasteiger partial charge in [0.05, 0.1) is 6.17 Å². The highest BCUT2D eigenvalue weighted by Gasteiger charge is 2.26. The molecular weight excluding hydrogens is 150 g/mol. The molecule has 12 heavy (non-hydrogen) atoms. The van der Waals surface area contributed by atoms with E-state index in [9.17, 15) is 0 Å². The fourth-order valence-electron chi connectivity index (χ4n) is 2.25. The van der Waals surface area contributed by atoms with Crippen molar-refractivity contribution in [2.24, 2.45) is 5.73 Å². The maximum absolute atomic E-state index is 6.04. The number of hydrogen-bond acceptors (Lipinski definition) is 3. The molecule has 0 radical (unpaired) electrons. The summed E-state index contributed by atoms with van der Waals surface area (Å²) in [4.78, 5) is 0. The van der Waals surface area contributed by atoms with Gasteiger partial charge in [0.25, 0.3) is 0 Å². The van der Waals surface area contributed by atoms with Crippen molar-refractivity contribution in [1.29, 1.82) is 0 Å². The third-order valence-electron chi connectivity index (χ3n) is 2.97. The lowest BCUT2D eigenvalue weighted by Crippen LogP contribution is -2.53. The van der Waals surface area contributed by atoms with Gasteiger partial charge in [0.1, 0.15) is 0 Å². The van der Waals surface area contributed by atoms with Crippen LogP contribution in [0.4, 0.5) is 0 Å². The molecule has 2 rings (SSSR count). The quantitative estimate of drug-likeness (QED) is 0.629. The molecule has 70 valence electrons. The van der Waals surface area contributed by atoms with Crippen molar-refractivity contribution >= 4 is 0 Å². The van der Waals surface area contributed by atoms with Gasteiger partial charge < -0.3 is 5.73 Å². The third kappa shape index (κ3) is 1.63. The first kappa shape index (κ1) is 8.48. The zero-order chi connectivity index (χ0) is 8.39. The van der Waals surface area contributed by atoms with Crippen molar-refractivity contribution < 1.29 is 0 Å². The Balaban J connectivity index is 1.91. The summed E-state index contributed by atoms with van der Waals surface area (Å²) in [6.07, 6.45) is 6.82. The molecule has 1 atom stereocenters. The van der Waals surface area contributed by atoms with Gasteiger partial charge in [-0.1, -0.05) is 0 Å². The van der Waals surface area contributed by atoms with Crippen LogP contribution < -0.4 is 5.73 Å². The summed E-state index contributed by atoms with van der Waals surface area (Å²) >= 11 is 0. The van der Waals surface area contributed by atoms with E-state index in [0.717, 1.165) is 0 Å². The van der Waals surface area contributed by atoms with E-state index in [1.54, 1.807) is 0 Å². The molecule has 2 N–H and O–H groups in total. The van der Waals surface area contributed by atoms with Gasteiger partial charge >= 0.3 is 0 Å². The molecule has 1 unspecified atom stereocenters. The van der Waals surface area contributed by atoms with Crippen molar-refractivity contribution in [1.82, 2.24) is 10.0 Å². The molecule has 0 aromatic carbocycles. The number of piperidine rings is 1. The number of hydrazine groups is 1. The topological polar surface area (TPSA) is 32.5 Å². The van der Waals surface area contributed by atoms with Crippen molar-refractivity contribution in [2.45, 2.75) is 38.3 Å². The zero-order valence-corrected chi connectivity index (χ0v) is 7.71. The van der Waals surface area contributed by atoms with Crippen LogP contribution in [0, 0.1) is 0 Å². The lowest BCUT2D eigenvalue weighted by Gasteiger charge is -2.39. The Bertz CT molecular complexity index is 143. The van der Waals surface area contributed by atoms with E-state index in [-0.39, 0.29) is 0 Å². The molecule has 0 amide bonds. The predicted molar refractivity (Wildman–Crippen MR) is 49.3 cm³/mol. The molecule has 0 aliphatic carbocycles. The first-order valence-corrected chi connectivity index (χ1v) is 5.15. The Kier molecular flexibility index (Phi) is 2.63. The van der Waals surface area contributed by atoms with Crippen LogP contribution in [0.5, 0.6) is 0 Å². The van der Waals surface area contributed by atoms with Crippen molar-refractivity contribution in [2.75, 3.05) is 19.6 Å². The number of hydrogen-bond donors (Lipinski definition) is 1. The highest BCUT2D eigenvalue weighted by Crippen LogP contribution is 2.19. The van der Waals surface area contributed by atoms with Gasteiger partial charge in [0, 0.05) is 19.6 Å². The van der Waals surface area contributed by atoms with E-state index in [1.807, 2.05) is 0 Å². The van der Waals surface area contributed by atoms with E-state index < -0.39 is 0 Å². The molecule has 3 nitrogen and oxygen atoms in total. The highest BCUT2D eigenvalue weighted by atomic mass is 15.7. The average Bonchev–Trinajstić information content (AvgIpc) is 2.57. The summed E-state index contributed by atoms with van der Waals surface area (Å²) in [6, 6.07) is 0. The maximum atomic E-state index is 6.04. The van der Waals surface area contributed by atoms with Crippen LogP contribution in [0.1, 0.15) is 32.1 Å². The van der Waals surface area contributed by atoms with Crippen LogP contribution in [0.15, 0.2) is 0 Å². The second-order valence-electron chi connectivity index (χ2n) is 3.89. The van der Waals surface area contributed by atoms with E-state index in [4.69, 9.17) is 5.73 Å². The summed E-state index contributed by atoms with van der Waals surface area (Å²) in [5, 5.41) is 4.83. The van der Waals surface area contributed by atoms with Gasteiger partial charge in [-0.2, -0.15) is 0 Å². The van der Waals surface area contributed by atoms with Gasteiger partial charge in [-0.05, 0) is 32.1 Å². The lowest BCUT2D eigenvalue weighted by atomic mass is 10.1. The second kappa shape index (κ2) is 3.73. The fraction of sp³-hybridized carbons (Fsp3) is 1.00.